The number of aliphatic hydroxyl groups is 2. The van der Waals surface area contributed by atoms with Gasteiger partial charge in [-0.05, 0) is 56.8 Å². The summed E-state index contributed by atoms with van der Waals surface area (Å²) in [5, 5.41) is 21.2. The van der Waals surface area contributed by atoms with E-state index in [1.807, 2.05) is 13.8 Å². The van der Waals surface area contributed by atoms with Crippen LogP contribution in [0.3, 0.4) is 0 Å². The first-order valence-corrected chi connectivity index (χ1v) is 12.7. The van der Waals surface area contributed by atoms with Crippen molar-refractivity contribution in [1.29, 1.82) is 0 Å². The van der Waals surface area contributed by atoms with Crippen molar-refractivity contribution >= 4 is 17.7 Å². The molecule has 0 aromatic rings. The number of esters is 1. The van der Waals surface area contributed by atoms with Crippen LogP contribution in [0.1, 0.15) is 91.4 Å². The second-order valence-corrected chi connectivity index (χ2v) is 10.7. The summed E-state index contributed by atoms with van der Waals surface area (Å²) in [6.07, 6.45) is 1.22. The third kappa shape index (κ3) is 11.8. The number of rotatable bonds is 15. The van der Waals surface area contributed by atoms with E-state index in [1.54, 1.807) is 18.7 Å². The predicted molar refractivity (Wildman–Crippen MR) is 119 cm³/mol. The Morgan fingerprint density at radius 2 is 1.77 bits per heavy atom. The number of alkyl halides is 3. The topological polar surface area (TPSA) is 66.8 Å². The molecule has 0 radical (unpaired) electrons. The molecule has 0 saturated heterocycles. The van der Waals surface area contributed by atoms with E-state index in [2.05, 4.69) is 0 Å². The fourth-order valence-corrected chi connectivity index (χ4v) is 5.93. The Morgan fingerprint density at radius 3 is 2.42 bits per heavy atom. The van der Waals surface area contributed by atoms with Crippen molar-refractivity contribution in [2.24, 2.45) is 11.3 Å². The van der Waals surface area contributed by atoms with Gasteiger partial charge >= 0.3 is 12.1 Å². The van der Waals surface area contributed by atoms with Crippen LogP contribution in [0, 0.1) is 11.3 Å². The van der Waals surface area contributed by atoms with E-state index in [1.165, 1.54) is 0 Å². The van der Waals surface area contributed by atoms with Crippen molar-refractivity contribution in [2.45, 2.75) is 115 Å². The molecule has 0 aromatic carbocycles. The van der Waals surface area contributed by atoms with E-state index in [0.29, 0.717) is 25.2 Å². The largest absolute Gasteiger partial charge is 0.466 e. The molecule has 8 heteroatoms. The minimum absolute atomic E-state index is 0.0269. The number of hydrogen-bond donors (Lipinski definition) is 2. The predicted octanol–water partition coefficient (Wildman–Crippen LogP) is 5.88. The van der Waals surface area contributed by atoms with Gasteiger partial charge in [-0.2, -0.15) is 24.9 Å². The first kappa shape index (κ1) is 28.6. The van der Waals surface area contributed by atoms with Crippen LogP contribution < -0.4 is 0 Å². The highest BCUT2D eigenvalue weighted by molar-refractivity contribution is 7.99. The molecule has 4 unspecified atom stereocenters. The zero-order chi connectivity index (χ0) is 23.5. The zero-order valence-corrected chi connectivity index (χ0v) is 20.1. The summed E-state index contributed by atoms with van der Waals surface area (Å²) >= 11 is 1.65. The second kappa shape index (κ2) is 13.9. The van der Waals surface area contributed by atoms with Gasteiger partial charge in [0.25, 0.3) is 0 Å². The van der Waals surface area contributed by atoms with Gasteiger partial charge in [0.2, 0.25) is 0 Å². The average Bonchev–Trinajstić information content (AvgIpc) is 3.01. The Morgan fingerprint density at radius 1 is 1.10 bits per heavy atom. The molecular formula is C23H41F3O4S. The molecule has 0 amide bonds. The molecule has 1 aliphatic rings. The average molecular weight is 471 g/mol. The Kier molecular flexibility index (Phi) is 12.8. The first-order valence-electron chi connectivity index (χ1n) is 11.7. The molecule has 4 nitrogen and oxygen atoms in total. The normalized spacial score (nSPS) is 23.2. The molecule has 2 N–H and O–H groups in total. The van der Waals surface area contributed by atoms with Gasteiger partial charge in [0, 0.05) is 23.8 Å². The quantitative estimate of drug-likeness (QED) is 0.231. The smallest absolute Gasteiger partial charge is 0.389 e. The zero-order valence-electron chi connectivity index (χ0n) is 19.3. The summed E-state index contributed by atoms with van der Waals surface area (Å²) in [6.45, 7) is 5.86. The molecule has 0 heterocycles. The Bertz CT molecular complexity index is 514. The van der Waals surface area contributed by atoms with Crippen LogP contribution in [-0.4, -0.2) is 52.2 Å². The number of ether oxygens (including phenoxy) is 1. The highest BCUT2D eigenvalue weighted by Crippen LogP contribution is 2.40. The van der Waals surface area contributed by atoms with E-state index in [4.69, 9.17) is 4.74 Å². The lowest BCUT2D eigenvalue weighted by Crippen LogP contribution is -2.33. The number of halogens is 3. The van der Waals surface area contributed by atoms with Gasteiger partial charge in [0.05, 0.1) is 18.8 Å². The van der Waals surface area contributed by atoms with Crippen LogP contribution in [0.4, 0.5) is 13.2 Å². The molecular weight excluding hydrogens is 429 g/mol. The van der Waals surface area contributed by atoms with Crippen molar-refractivity contribution in [1.82, 2.24) is 0 Å². The Balaban J connectivity index is 2.32. The molecule has 1 saturated carbocycles. The number of hydrogen-bond acceptors (Lipinski definition) is 5. The SMILES string of the molecule is CCOC(=O)CCCCCCC1C(O)CCC1SCC(O)C(C)(C)CCCC(F)(F)F. The third-order valence-corrected chi connectivity index (χ3v) is 7.87. The standard InChI is InChI=1S/C23H41F3O4S/c1-4-30-21(29)11-8-6-5-7-10-17-18(27)12-13-19(17)31-16-20(28)22(2,3)14-9-15-23(24,25)26/h17-20,27-28H,4-16H2,1-3H3. The summed E-state index contributed by atoms with van der Waals surface area (Å²) in [5.74, 6) is 0.521. The van der Waals surface area contributed by atoms with Crippen molar-refractivity contribution in [3.63, 3.8) is 0 Å². The van der Waals surface area contributed by atoms with E-state index < -0.39 is 24.1 Å². The molecule has 4 atom stereocenters. The lowest BCUT2D eigenvalue weighted by atomic mass is 9.82. The van der Waals surface area contributed by atoms with Gasteiger partial charge in [-0.1, -0.05) is 33.1 Å². The monoisotopic (exact) mass is 470 g/mol. The fraction of sp³-hybridized carbons (Fsp3) is 0.957. The molecule has 1 fully saturated rings. The van der Waals surface area contributed by atoms with Gasteiger partial charge in [-0.25, -0.2) is 0 Å². The van der Waals surface area contributed by atoms with Gasteiger partial charge < -0.3 is 14.9 Å². The van der Waals surface area contributed by atoms with Crippen molar-refractivity contribution < 1.29 is 32.9 Å². The third-order valence-electron chi connectivity index (χ3n) is 6.34. The lowest BCUT2D eigenvalue weighted by molar-refractivity contribution is -0.143. The highest BCUT2D eigenvalue weighted by atomic mass is 32.2. The van der Waals surface area contributed by atoms with Crippen LogP contribution >= 0.6 is 11.8 Å². The minimum atomic E-state index is -4.15. The lowest BCUT2D eigenvalue weighted by Gasteiger charge is -2.32. The first-order chi connectivity index (χ1) is 14.5. The molecule has 0 aromatic heterocycles. The maximum absolute atomic E-state index is 12.4. The molecule has 1 rings (SSSR count). The summed E-state index contributed by atoms with van der Waals surface area (Å²) in [7, 11) is 0. The van der Waals surface area contributed by atoms with E-state index >= 15 is 0 Å². The van der Waals surface area contributed by atoms with Crippen LogP contribution in [0.5, 0.6) is 0 Å². The van der Waals surface area contributed by atoms with Crippen LogP contribution in [-0.2, 0) is 9.53 Å². The molecule has 0 aliphatic heterocycles. The summed E-state index contributed by atoms with van der Waals surface area (Å²) in [4.78, 5) is 11.3. The highest BCUT2D eigenvalue weighted by Gasteiger charge is 2.37. The summed E-state index contributed by atoms with van der Waals surface area (Å²) in [6, 6.07) is 0. The van der Waals surface area contributed by atoms with E-state index in [-0.39, 0.29) is 29.7 Å². The molecule has 1 aliphatic carbocycles. The number of carbonyl (C=O) groups excluding carboxylic acids is 1. The van der Waals surface area contributed by atoms with Crippen molar-refractivity contribution in [2.75, 3.05) is 12.4 Å². The van der Waals surface area contributed by atoms with Gasteiger partial charge in [0.15, 0.2) is 0 Å². The molecule has 184 valence electrons. The van der Waals surface area contributed by atoms with Crippen LogP contribution in [0.15, 0.2) is 0 Å². The fourth-order valence-electron chi connectivity index (χ4n) is 4.18. The Labute approximate surface area is 189 Å². The summed E-state index contributed by atoms with van der Waals surface area (Å²) < 4.78 is 42.1. The molecule has 31 heavy (non-hydrogen) atoms. The molecule has 0 spiro atoms. The van der Waals surface area contributed by atoms with Crippen LogP contribution in [0.2, 0.25) is 0 Å². The van der Waals surface area contributed by atoms with Gasteiger partial charge in [0.1, 0.15) is 0 Å². The maximum atomic E-state index is 12.4. The Hall–Kier alpha value is -0.470. The number of unbranched alkanes of at least 4 members (excludes halogenated alkanes) is 3. The minimum Gasteiger partial charge on any atom is -0.466 e. The van der Waals surface area contributed by atoms with Gasteiger partial charge in [-0.3, -0.25) is 4.79 Å². The maximum Gasteiger partial charge on any atom is 0.389 e. The van der Waals surface area contributed by atoms with Gasteiger partial charge in [-0.15, -0.1) is 0 Å². The van der Waals surface area contributed by atoms with Crippen LogP contribution in [0.25, 0.3) is 0 Å². The number of thioether (sulfide) groups is 1. The van der Waals surface area contributed by atoms with E-state index in [0.717, 1.165) is 44.9 Å². The summed E-state index contributed by atoms with van der Waals surface area (Å²) in [5.41, 5.74) is -0.566. The van der Waals surface area contributed by atoms with E-state index in [9.17, 15) is 28.2 Å². The van der Waals surface area contributed by atoms with Crippen molar-refractivity contribution in [3.8, 4) is 0 Å². The number of carbonyl (C=O) groups is 1. The van der Waals surface area contributed by atoms with Crippen molar-refractivity contribution in [3.05, 3.63) is 0 Å². The second-order valence-electron chi connectivity index (χ2n) is 9.41. The molecule has 0 bridgehead atoms. The number of aliphatic hydroxyl groups excluding tert-OH is 2.